The minimum atomic E-state index is -1.06. The predicted molar refractivity (Wildman–Crippen MR) is 81.2 cm³/mol. The Hall–Kier alpha value is -2.46. The van der Waals surface area contributed by atoms with Crippen molar-refractivity contribution < 1.29 is 14.4 Å². The zero-order chi connectivity index (χ0) is 15.7. The van der Waals surface area contributed by atoms with Gasteiger partial charge in [-0.1, -0.05) is 54.1 Å². The van der Waals surface area contributed by atoms with Gasteiger partial charge in [0.2, 0.25) is 11.7 Å². The lowest BCUT2D eigenvalue weighted by atomic mass is 9.97. The highest BCUT2D eigenvalue weighted by Crippen LogP contribution is 2.28. The van der Waals surface area contributed by atoms with Crippen LogP contribution in [-0.2, 0) is 20.9 Å². The minimum Gasteiger partial charge on any atom is -0.287 e. The van der Waals surface area contributed by atoms with Gasteiger partial charge in [0.15, 0.2) is 0 Å². The maximum absolute atomic E-state index is 12.5. The highest BCUT2D eigenvalue weighted by atomic mass is 35.5. The average Bonchev–Trinajstić information content (AvgIpc) is 2.73. The molecular formula is C17H12ClNO3. The van der Waals surface area contributed by atoms with Crippen LogP contribution in [0.15, 0.2) is 54.6 Å². The summed E-state index contributed by atoms with van der Waals surface area (Å²) in [4.78, 5) is 37.7. The van der Waals surface area contributed by atoms with Crippen LogP contribution in [0.5, 0.6) is 0 Å². The van der Waals surface area contributed by atoms with Crippen LogP contribution in [0.2, 0.25) is 5.02 Å². The summed E-state index contributed by atoms with van der Waals surface area (Å²) < 4.78 is 0. The lowest BCUT2D eigenvalue weighted by molar-refractivity contribution is -0.143. The van der Waals surface area contributed by atoms with Gasteiger partial charge in [0.05, 0.1) is 6.54 Å². The first-order valence-electron chi connectivity index (χ1n) is 6.77. The SMILES string of the molecule is O=C1C(=O)N(Cc2ccccc2)C(=O)C1c1ccc(Cl)cc1. The normalized spacial score (nSPS) is 18.1. The number of amides is 2. The number of hydrogen-bond acceptors (Lipinski definition) is 3. The molecule has 0 saturated carbocycles. The highest BCUT2D eigenvalue weighted by molar-refractivity contribution is 6.49. The molecule has 0 aromatic heterocycles. The molecule has 1 heterocycles. The van der Waals surface area contributed by atoms with E-state index in [0.29, 0.717) is 10.6 Å². The molecule has 0 N–H and O–H groups in total. The molecule has 1 aliphatic rings. The lowest BCUT2D eigenvalue weighted by Crippen LogP contribution is -2.30. The number of hydrogen-bond donors (Lipinski definition) is 0. The first kappa shape index (κ1) is 14.5. The summed E-state index contributed by atoms with van der Waals surface area (Å²) in [5.41, 5.74) is 1.29. The van der Waals surface area contributed by atoms with Crippen LogP contribution in [0.4, 0.5) is 0 Å². The molecule has 0 aliphatic carbocycles. The number of ketones is 1. The summed E-state index contributed by atoms with van der Waals surface area (Å²) in [6, 6.07) is 15.5. The topological polar surface area (TPSA) is 54.5 Å². The van der Waals surface area contributed by atoms with E-state index in [1.54, 1.807) is 36.4 Å². The van der Waals surface area contributed by atoms with E-state index in [-0.39, 0.29) is 6.54 Å². The van der Waals surface area contributed by atoms with Gasteiger partial charge in [-0.3, -0.25) is 19.3 Å². The Morgan fingerprint density at radius 3 is 2.18 bits per heavy atom. The molecule has 2 aromatic rings. The first-order chi connectivity index (χ1) is 10.6. The number of carbonyl (C=O) groups excluding carboxylic acids is 3. The lowest BCUT2D eigenvalue weighted by Gasteiger charge is -2.14. The zero-order valence-electron chi connectivity index (χ0n) is 11.5. The van der Waals surface area contributed by atoms with Gasteiger partial charge in [-0.05, 0) is 23.3 Å². The van der Waals surface area contributed by atoms with E-state index in [1.807, 2.05) is 18.2 Å². The van der Waals surface area contributed by atoms with E-state index >= 15 is 0 Å². The standard InChI is InChI=1S/C17H12ClNO3/c18-13-8-6-12(7-9-13)14-15(20)17(22)19(16(14)21)10-11-4-2-1-3-5-11/h1-9,14H,10H2. The molecule has 110 valence electrons. The molecule has 1 aliphatic heterocycles. The summed E-state index contributed by atoms with van der Waals surface area (Å²) in [5, 5.41) is 0.508. The van der Waals surface area contributed by atoms with Crippen LogP contribution in [-0.4, -0.2) is 22.5 Å². The Balaban J connectivity index is 1.89. The molecule has 0 spiro atoms. The van der Waals surface area contributed by atoms with Gasteiger partial charge in [-0.15, -0.1) is 0 Å². The monoisotopic (exact) mass is 313 g/mol. The van der Waals surface area contributed by atoms with Crippen molar-refractivity contribution in [2.45, 2.75) is 12.5 Å². The Labute approximate surface area is 132 Å². The summed E-state index contributed by atoms with van der Waals surface area (Å²) >= 11 is 5.81. The third-order valence-electron chi connectivity index (χ3n) is 3.62. The van der Waals surface area contributed by atoms with E-state index in [4.69, 9.17) is 11.6 Å². The van der Waals surface area contributed by atoms with Crippen LogP contribution in [0.3, 0.4) is 0 Å². The van der Waals surface area contributed by atoms with Gasteiger partial charge in [0.1, 0.15) is 5.92 Å². The number of imide groups is 1. The van der Waals surface area contributed by atoms with Gasteiger partial charge in [-0.2, -0.15) is 0 Å². The summed E-state index contributed by atoms with van der Waals surface area (Å²) in [6.45, 7) is 0.105. The highest BCUT2D eigenvalue weighted by Gasteiger charge is 2.47. The van der Waals surface area contributed by atoms with Crippen molar-refractivity contribution in [3.63, 3.8) is 0 Å². The van der Waals surface area contributed by atoms with Gasteiger partial charge in [0, 0.05) is 5.02 Å². The minimum absolute atomic E-state index is 0.105. The number of halogens is 1. The summed E-state index contributed by atoms with van der Waals surface area (Å²) in [6.07, 6.45) is 0. The fourth-order valence-corrected chi connectivity index (χ4v) is 2.62. The molecule has 0 radical (unpaired) electrons. The van der Waals surface area contributed by atoms with E-state index in [2.05, 4.69) is 0 Å². The number of carbonyl (C=O) groups is 3. The molecule has 22 heavy (non-hydrogen) atoms. The van der Waals surface area contributed by atoms with Crippen molar-refractivity contribution in [3.8, 4) is 0 Å². The first-order valence-corrected chi connectivity index (χ1v) is 7.14. The van der Waals surface area contributed by atoms with Crippen LogP contribution in [0.25, 0.3) is 0 Å². The summed E-state index contributed by atoms with van der Waals surface area (Å²) in [7, 11) is 0. The van der Waals surface area contributed by atoms with Crippen LogP contribution < -0.4 is 0 Å². The molecular weight excluding hydrogens is 302 g/mol. The van der Waals surface area contributed by atoms with E-state index in [1.165, 1.54) is 0 Å². The third kappa shape index (κ3) is 2.53. The number of nitrogens with zero attached hydrogens (tertiary/aromatic N) is 1. The second kappa shape index (κ2) is 5.73. The van der Waals surface area contributed by atoms with Gasteiger partial charge < -0.3 is 0 Å². The Bertz CT molecular complexity index is 740. The van der Waals surface area contributed by atoms with Crippen molar-refractivity contribution >= 4 is 29.2 Å². The molecule has 5 heteroatoms. The second-order valence-corrected chi connectivity index (χ2v) is 5.50. The van der Waals surface area contributed by atoms with E-state index in [0.717, 1.165) is 10.5 Å². The average molecular weight is 314 g/mol. The van der Waals surface area contributed by atoms with Crippen LogP contribution in [0, 0.1) is 0 Å². The molecule has 0 bridgehead atoms. The molecule has 3 rings (SSSR count). The van der Waals surface area contributed by atoms with Gasteiger partial charge in [-0.25, -0.2) is 0 Å². The van der Waals surface area contributed by atoms with Crippen molar-refractivity contribution in [3.05, 3.63) is 70.7 Å². The molecule has 1 fully saturated rings. The Kier molecular flexibility index (Phi) is 3.77. The number of benzene rings is 2. The third-order valence-corrected chi connectivity index (χ3v) is 3.87. The van der Waals surface area contributed by atoms with Crippen molar-refractivity contribution in [2.75, 3.05) is 0 Å². The van der Waals surface area contributed by atoms with Crippen molar-refractivity contribution in [1.82, 2.24) is 4.90 Å². The molecule has 2 amide bonds. The van der Waals surface area contributed by atoms with Crippen molar-refractivity contribution in [2.24, 2.45) is 0 Å². The quantitative estimate of drug-likeness (QED) is 0.497. The summed E-state index contributed by atoms with van der Waals surface area (Å²) in [5.74, 6) is -2.99. The van der Waals surface area contributed by atoms with Crippen LogP contribution >= 0.6 is 11.6 Å². The Morgan fingerprint density at radius 2 is 1.55 bits per heavy atom. The molecule has 4 nitrogen and oxygen atoms in total. The molecule has 1 saturated heterocycles. The number of likely N-dealkylation sites (tertiary alicyclic amines) is 1. The zero-order valence-corrected chi connectivity index (χ0v) is 12.3. The largest absolute Gasteiger partial charge is 0.298 e. The van der Waals surface area contributed by atoms with Gasteiger partial charge in [0.25, 0.3) is 5.91 Å². The van der Waals surface area contributed by atoms with E-state index < -0.39 is 23.5 Å². The van der Waals surface area contributed by atoms with Gasteiger partial charge >= 0.3 is 0 Å². The van der Waals surface area contributed by atoms with Crippen LogP contribution in [0.1, 0.15) is 17.0 Å². The van der Waals surface area contributed by atoms with Crippen molar-refractivity contribution in [1.29, 1.82) is 0 Å². The molecule has 2 aromatic carbocycles. The molecule has 1 unspecified atom stereocenters. The molecule has 1 atom stereocenters. The number of Topliss-reactive ketones (excluding diaryl/α,β-unsaturated/α-hetero) is 1. The fourth-order valence-electron chi connectivity index (χ4n) is 2.49. The maximum Gasteiger partial charge on any atom is 0.298 e. The smallest absolute Gasteiger partial charge is 0.287 e. The Morgan fingerprint density at radius 1 is 0.909 bits per heavy atom. The fraction of sp³-hybridized carbons (Fsp3) is 0.118. The van der Waals surface area contributed by atoms with E-state index in [9.17, 15) is 14.4 Å². The maximum atomic E-state index is 12.5. The predicted octanol–water partition coefficient (Wildman–Crippen LogP) is 2.56. The number of rotatable bonds is 3. The second-order valence-electron chi connectivity index (χ2n) is 5.06.